The maximum Gasteiger partial charge on any atom is 0.336 e. The third-order valence-corrected chi connectivity index (χ3v) is 5.67. The lowest BCUT2D eigenvalue weighted by atomic mass is 9.87. The number of aliphatic hydroxyl groups excluding tert-OH is 1. The Labute approximate surface area is 177 Å². The van der Waals surface area contributed by atoms with Gasteiger partial charge in [-0.3, -0.25) is 4.79 Å². The molecule has 0 saturated carbocycles. The van der Waals surface area contributed by atoms with Crippen LogP contribution in [0.3, 0.4) is 0 Å². The van der Waals surface area contributed by atoms with Gasteiger partial charge in [0.15, 0.2) is 6.10 Å². The summed E-state index contributed by atoms with van der Waals surface area (Å²) >= 11 is 0. The summed E-state index contributed by atoms with van der Waals surface area (Å²) in [5, 5.41) is 11.7. The molecule has 2 heterocycles. The second-order valence-corrected chi connectivity index (χ2v) is 8.58. The van der Waals surface area contributed by atoms with Crippen molar-refractivity contribution in [3.8, 4) is 5.75 Å². The highest BCUT2D eigenvalue weighted by molar-refractivity contribution is 5.83. The van der Waals surface area contributed by atoms with Crippen molar-refractivity contribution in [1.29, 1.82) is 0 Å². The molecule has 6 nitrogen and oxygen atoms in total. The third kappa shape index (κ3) is 5.04. The number of ether oxygens (including phenoxy) is 2. The highest BCUT2D eigenvalue weighted by Gasteiger charge is 2.47. The average molecular weight is 417 g/mol. The lowest BCUT2D eigenvalue weighted by Gasteiger charge is -2.42. The Balaban J connectivity index is 1.68. The molecule has 0 saturated heterocycles. The van der Waals surface area contributed by atoms with E-state index in [1.54, 1.807) is 32.0 Å². The molecule has 3 rings (SSSR count). The molecule has 0 radical (unpaired) electrons. The zero-order valence-corrected chi connectivity index (χ0v) is 18.1. The molecule has 1 N–H and O–H groups in total. The highest BCUT2D eigenvalue weighted by atomic mass is 16.6. The number of carbonyl (C=O) groups is 1. The Morgan fingerprint density at radius 1 is 1.07 bits per heavy atom. The van der Waals surface area contributed by atoms with Crippen molar-refractivity contribution >= 4 is 16.9 Å². The van der Waals surface area contributed by atoms with Crippen LogP contribution in [0.1, 0.15) is 83.8 Å². The van der Waals surface area contributed by atoms with Crippen molar-refractivity contribution in [2.24, 2.45) is 0 Å². The van der Waals surface area contributed by atoms with E-state index in [1.165, 1.54) is 31.7 Å². The molecule has 0 amide bonds. The van der Waals surface area contributed by atoms with Gasteiger partial charge >= 0.3 is 11.6 Å². The molecule has 0 bridgehead atoms. The number of benzene rings is 1. The molecular formula is C24H32O6. The standard InChI is InChI=1S/C24H32O6/c1-4-5-6-7-8-9-10-11-18(25)29-23-21(27)20-17(30-24(23,2)3)14-12-16-13-15-19(26)28-22(16)20/h12-15,21,23,27H,4-11H2,1-3H3. The van der Waals surface area contributed by atoms with Crippen LogP contribution >= 0.6 is 0 Å². The maximum atomic E-state index is 12.4. The first kappa shape index (κ1) is 22.3. The fraction of sp³-hybridized carbons (Fsp3) is 0.583. The molecule has 0 spiro atoms. The van der Waals surface area contributed by atoms with E-state index in [0.29, 0.717) is 23.1 Å². The van der Waals surface area contributed by atoms with Gasteiger partial charge in [0.2, 0.25) is 0 Å². The topological polar surface area (TPSA) is 86.0 Å². The SMILES string of the molecule is CCCCCCCCCC(=O)OC1C(O)c2c(ccc3ccc(=O)oc23)OC1(C)C. The quantitative estimate of drug-likeness (QED) is 0.350. The lowest BCUT2D eigenvalue weighted by molar-refractivity contribution is -0.177. The van der Waals surface area contributed by atoms with E-state index in [0.717, 1.165) is 19.3 Å². The van der Waals surface area contributed by atoms with E-state index in [-0.39, 0.29) is 11.6 Å². The molecule has 2 atom stereocenters. The Kier molecular flexibility index (Phi) is 7.19. The molecule has 164 valence electrons. The predicted octanol–water partition coefficient (Wildman–Crippen LogP) is 5.05. The van der Waals surface area contributed by atoms with Crippen LogP contribution < -0.4 is 10.4 Å². The zero-order chi connectivity index (χ0) is 21.7. The minimum atomic E-state index is -1.16. The first-order valence-corrected chi connectivity index (χ1v) is 11.0. The van der Waals surface area contributed by atoms with Crippen LogP contribution in [0, 0.1) is 0 Å². The number of carbonyl (C=O) groups excluding carboxylic acids is 1. The van der Waals surface area contributed by atoms with Crippen LogP contribution in [0.2, 0.25) is 0 Å². The van der Waals surface area contributed by atoms with Crippen LogP contribution in [0.4, 0.5) is 0 Å². The molecule has 2 unspecified atom stereocenters. The van der Waals surface area contributed by atoms with Crippen LogP contribution in [0.15, 0.2) is 33.5 Å². The largest absolute Gasteiger partial charge is 0.483 e. The summed E-state index contributed by atoms with van der Waals surface area (Å²) in [7, 11) is 0. The number of fused-ring (bicyclic) bond motifs is 3. The Morgan fingerprint density at radius 3 is 2.47 bits per heavy atom. The van der Waals surface area contributed by atoms with Gasteiger partial charge < -0.3 is 19.0 Å². The number of rotatable bonds is 9. The molecule has 6 heteroatoms. The maximum absolute atomic E-state index is 12.4. The van der Waals surface area contributed by atoms with Crippen LogP contribution in [0.5, 0.6) is 5.75 Å². The minimum absolute atomic E-state index is 0.260. The van der Waals surface area contributed by atoms with Gasteiger partial charge in [-0.15, -0.1) is 0 Å². The third-order valence-electron chi connectivity index (χ3n) is 5.67. The van der Waals surface area contributed by atoms with E-state index in [1.807, 2.05) is 0 Å². The predicted molar refractivity (Wildman–Crippen MR) is 115 cm³/mol. The Hall–Kier alpha value is -2.34. The minimum Gasteiger partial charge on any atom is -0.483 e. The van der Waals surface area contributed by atoms with Crippen LogP contribution in [-0.2, 0) is 9.53 Å². The van der Waals surface area contributed by atoms with E-state index < -0.39 is 23.4 Å². The van der Waals surface area contributed by atoms with Crippen LogP contribution in [0.25, 0.3) is 11.0 Å². The van der Waals surface area contributed by atoms with Gasteiger partial charge in [-0.05, 0) is 38.5 Å². The molecule has 1 aromatic heterocycles. The van der Waals surface area contributed by atoms with Crippen molar-refractivity contribution in [3.63, 3.8) is 0 Å². The number of esters is 1. The first-order valence-electron chi connectivity index (χ1n) is 11.0. The van der Waals surface area contributed by atoms with Gasteiger partial charge in [0.25, 0.3) is 0 Å². The molecule has 2 aromatic rings. The van der Waals surface area contributed by atoms with E-state index in [9.17, 15) is 14.7 Å². The van der Waals surface area contributed by atoms with Crippen molar-refractivity contribution < 1.29 is 23.8 Å². The van der Waals surface area contributed by atoms with E-state index in [4.69, 9.17) is 13.9 Å². The molecule has 1 aliphatic heterocycles. The molecule has 0 aliphatic carbocycles. The Morgan fingerprint density at radius 2 is 1.73 bits per heavy atom. The summed E-state index contributed by atoms with van der Waals surface area (Å²) in [5.41, 5.74) is -0.833. The number of hydrogen-bond acceptors (Lipinski definition) is 6. The van der Waals surface area contributed by atoms with E-state index >= 15 is 0 Å². The highest BCUT2D eigenvalue weighted by Crippen LogP contribution is 2.44. The zero-order valence-electron chi connectivity index (χ0n) is 18.1. The normalized spacial score (nSPS) is 19.9. The molecule has 30 heavy (non-hydrogen) atoms. The fourth-order valence-electron chi connectivity index (χ4n) is 4.01. The van der Waals surface area contributed by atoms with Crippen molar-refractivity contribution in [2.45, 2.75) is 89.9 Å². The summed E-state index contributed by atoms with van der Waals surface area (Å²) in [6.45, 7) is 5.74. The average Bonchev–Trinajstić information content (AvgIpc) is 2.69. The van der Waals surface area contributed by atoms with Gasteiger partial charge in [-0.1, -0.05) is 45.4 Å². The molecule has 1 aliphatic rings. The van der Waals surface area contributed by atoms with Crippen molar-refractivity contribution in [3.05, 3.63) is 40.2 Å². The second kappa shape index (κ2) is 9.65. The van der Waals surface area contributed by atoms with Crippen molar-refractivity contribution in [2.75, 3.05) is 0 Å². The summed E-state index contributed by atoms with van der Waals surface area (Å²) in [4.78, 5) is 24.2. The molecule has 1 aromatic carbocycles. The fourth-order valence-corrected chi connectivity index (χ4v) is 4.01. The van der Waals surface area contributed by atoms with Gasteiger partial charge in [-0.2, -0.15) is 0 Å². The summed E-state index contributed by atoms with van der Waals surface area (Å²) in [5.74, 6) is 0.0724. The van der Waals surface area contributed by atoms with Crippen molar-refractivity contribution in [1.82, 2.24) is 0 Å². The van der Waals surface area contributed by atoms with Gasteiger partial charge in [0, 0.05) is 17.9 Å². The lowest BCUT2D eigenvalue weighted by Crippen LogP contribution is -2.51. The molecule has 0 fully saturated rings. The smallest absolute Gasteiger partial charge is 0.336 e. The molecular weight excluding hydrogens is 384 g/mol. The van der Waals surface area contributed by atoms with Crippen LogP contribution in [-0.4, -0.2) is 22.8 Å². The summed E-state index contributed by atoms with van der Waals surface area (Å²) < 4.78 is 17.0. The number of unbranched alkanes of at least 4 members (excludes halogenated alkanes) is 6. The van der Waals surface area contributed by atoms with Gasteiger partial charge in [-0.25, -0.2) is 4.79 Å². The summed E-state index contributed by atoms with van der Waals surface area (Å²) in [6.07, 6.45) is 6.03. The van der Waals surface area contributed by atoms with E-state index in [2.05, 4.69) is 6.92 Å². The number of hydrogen-bond donors (Lipinski definition) is 1. The second-order valence-electron chi connectivity index (χ2n) is 8.58. The first-order chi connectivity index (χ1) is 14.3. The van der Waals surface area contributed by atoms with Gasteiger partial charge in [0.1, 0.15) is 23.0 Å². The summed E-state index contributed by atoms with van der Waals surface area (Å²) in [6, 6.07) is 6.47. The van der Waals surface area contributed by atoms with Gasteiger partial charge in [0.05, 0.1) is 5.56 Å². The Bertz CT molecular complexity index is 929. The number of aliphatic hydroxyl groups is 1. The monoisotopic (exact) mass is 416 g/mol.